The van der Waals surface area contributed by atoms with Crippen LogP contribution in [0.15, 0.2) is 35.7 Å². The van der Waals surface area contributed by atoms with Crippen LogP contribution in [0.1, 0.15) is 53.8 Å². The lowest BCUT2D eigenvalue weighted by Gasteiger charge is -2.29. The van der Waals surface area contributed by atoms with Crippen molar-refractivity contribution in [3.8, 4) is 0 Å². The molecule has 2 aromatic rings. The molecule has 0 bridgehead atoms. The van der Waals surface area contributed by atoms with Gasteiger partial charge in [0.25, 0.3) is 5.91 Å². The van der Waals surface area contributed by atoms with Crippen molar-refractivity contribution in [2.24, 2.45) is 5.73 Å². The normalized spacial score (nSPS) is 11.6. The minimum Gasteiger partial charge on any atom is -0.331 e. The molecule has 4 nitrogen and oxygen atoms in total. The van der Waals surface area contributed by atoms with Crippen LogP contribution in [0.2, 0.25) is 0 Å². The molecule has 0 radical (unpaired) electrons. The highest BCUT2D eigenvalue weighted by Gasteiger charge is 2.24. The van der Waals surface area contributed by atoms with Crippen LogP contribution in [0.4, 0.5) is 0 Å². The molecule has 1 atom stereocenters. The Bertz CT molecular complexity index is 618. The maximum Gasteiger partial charge on any atom is 0.273 e. The summed E-state index contributed by atoms with van der Waals surface area (Å²) < 4.78 is 0. The van der Waals surface area contributed by atoms with E-state index in [2.05, 4.69) is 31.0 Å². The molecule has 24 heavy (non-hydrogen) atoms. The highest BCUT2D eigenvalue weighted by atomic mass is 35.5. The molecule has 0 spiro atoms. The van der Waals surface area contributed by atoms with Gasteiger partial charge < -0.3 is 10.6 Å². The van der Waals surface area contributed by atoms with E-state index < -0.39 is 0 Å². The first-order chi connectivity index (χ1) is 11.2. The van der Waals surface area contributed by atoms with Crippen molar-refractivity contribution in [1.82, 2.24) is 9.88 Å². The summed E-state index contributed by atoms with van der Waals surface area (Å²) >= 11 is 1.51. The van der Waals surface area contributed by atoms with E-state index in [4.69, 9.17) is 5.73 Å². The fraction of sp³-hybridized carbons (Fsp3) is 0.444. The number of halogens is 1. The number of carbonyl (C=O) groups excluding carboxylic acids is 1. The van der Waals surface area contributed by atoms with E-state index in [1.54, 1.807) is 0 Å². The van der Waals surface area contributed by atoms with Crippen LogP contribution in [-0.2, 0) is 6.42 Å². The molecule has 6 heteroatoms. The molecule has 0 aliphatic heterocycles. The molecule has 1 amide bonds. The maximum absolute atomic E-state index is 12.9. The number of nitrogens with zero attached hydrogens (tertiary/aromatic N) is 2. The summed E-state index contributed by atoms with van der Waals surface area (Å²) in [6, 6.07) is 10.2. The zero-order valence-corrected chi connectivity index (χ0v) is 15.9. The van der Waals surface area contributed by atoms with Gasteiger partial charge in [-0.1, -0.05) is 43.7 Å². The Morgan fingerprint density at radius 2 is 2.04 bits per heavy atom. The van der Waals surface area contributed by atoms with Crippen LogP contribution < -0.4 is 5.73 Å². The first-order valence-electron chi connectivity index (χ1n) is 8.17. The monoisotopic (exact) mass is 367 g/mol. The lowest BCUT2D eigenvalue weighted by atomic mass is 10.1. The Labute approximate surface area is 154 Å². The number of nitrogens with two attached hydrogens (primary N) is 1. The molecule has 0 saturated heterocycles. The van der Waals surface area contributed by atoms with E-state index in [1.165, 1.54) is 11.3 Å². The van der Waals surface area contributed by atoms with E-state index in [0.29, 0.717) is 12.2 Å². The zero-order chi connectivity index (χ0) is 16.7. The average molecular weight is 368 g/mol. The molecule has 2 N–H and O–H groups in total. The van der Waals surface area contributed by atoms with E-state index >= 15 is 0 Å². The Kier molecular flexibility index (Phi) is 8.97. The maximum atomic E-state index is 12.9. The lowest BCUT2D eigenvalue weighted by molar-refractivity contribution is 0.0682. The molecule has 1 aromatic carbocycles. The largest absolute Gasteiger partial charge is 0.331 e. The van der Waals surface area contributed by atoms with Gasteiger partial charge in [-0.2, -0.15) is 0 Å². The minimum absolute atomic E-state index is 0. The van der Waals surface area contributed by atoms with Crippen molar-refractivity contribution >= 4 is 29.7 Å². The predicted octanol–water partition coefficient (Wildman–Crippen LogP) is 4.07. The quantitative estimate of drug-likeness (QED) is 0.765. The number of aromatic nitrogens is 1. The average Bonchev–Trinajstić information content (AvgIpc) is 3.04. The summed E-state index contributed by atoms with van der Waals surface area (Å²) in [6.07, 6.45) is 2.77. The summed E-state index contributed by atoms with van der Waals surface area (Å²) in [4.78, 5) is 19.3. The first-order valence-corrected chi connectivity index (χ1v) is 9.05. The van der Waals surface area contributed by atoms with Gasteiger partial charge in [0.1, 0.15) is 5.69 Å². The van der Waals surface area contributed by atoms with Gasteiger partial charge in [0.05, 0.1) is 11.0 Å². The third-order valence-corrected chi connectivity index (χ3v) is 4.80. The van der Waals surface area contributed by atoms with Gasteiger partial charge in [-0.25, -0.2) is 4.98 Å². The summed E-state index contributed by atoms with van der Waals surface area (Å²) in [7, 11) is 0. The van der Waals surface area contributed by atoms with Crippen LogP contribution in [0, 0.1) is 0 Å². The van der Waals surface area contributed by atoms with Gasteiger partial charge >= 0.3 is 0 Å². The van der Waals surface area contributed by atoms with Crippen LogP contribution in [0.25, 0.3) is 0 Å². The third kappa shape index (κ3) is 5.30. The molecule has 132 valence electrons. The number of hydrogen-bond acceptors (Lipinski definition) is 4. The van der Waals surface area contributed by atoms with Crippen LogP contribution in [0.5, 0.6) is 0 Å². The van der Waals surface area contributed by atoms with E-state index in [0.717, 1.165) is 36.4 Å². The smallest absolute Gasteiger partial charge is 0.273 e. The van der Waals surface area contributed by atoms with Gasteiger partial charge in [0.15, 0.2) is 0 Å². The topological polar surface area (TPSA) is 59.2 Å². The molecule has 0 aliphatic rings. The summed E-state index contributed by atoms with van der Waals surface area (Å²) in [5.74, 6) is 0.00863. The lowest BCUT2D eigenvalue weighted by Crippen LogP contribution is -2.34. The molecular weight excluding hydrogens is 342 g/mol. The Morgan fingerprint density at radius 1 is 1.33 bits per heavy atom. The molecule has 1 heterocycles. The van der Waals surface area contributed by atoms with Crippen molar-refractivity contribution in [3.05, 3.63) is 52.0 Å². The zero-order valence-electron chi connectivity index (χ0n) is 14.3. The van der Waals surface area contributed by atoms with Crippen molar-refractivity contribution in [2.45, 2.75) is 39.2 Å². The van der Waals surface area contributed by atoms with Gasteiger partial charge in [0, 0.05) is 18.3 Å². The second kappa shape index (κ2) is 10.4. The Balaban J connectivity index is 0.00000288. The molecule has 0 aliphatic carbocycles. The standard InChI is InChI=1S/C18H25N3OS.ClH/c1-3-4-12-21(14(2)15-8-6-5-7-9-15)18(22)16-13-23-17(20-16)10-11-19;/h5-9,13-14H,3-4,10-12,19H2,1-2H3;1H. The van der Waals surface area contributed by atoms with Crippen molar-refractivity contribution < 1.29 is 4.79 Å². The predicted molar refractivity (Wildman–Crippen MR) is 103 cm³/mol. The Hall–Kier alpha value is -1.43. The van der Waals surface area contributed by atoms with Gasteiger partial charge in [0.2, 0.25) is 0 Å². The Morgan fingerprint density at radius 3 is 2.67 bits per heavy atom. The second-order valence-electron chi connectivity index (χ2n) is 5.60. The van der Waals surface area contributed by atoms with E-state index in [-0.39, 0.29) is 24.4 Å². The number of hydrogen-bond donors (Lipinski definition) is 1. The SMILES string of the molecule is CCCCN(C(=O)c1csc(CCN)n1)C(C)c1ccccc1.Cl. The number of rotatable bonds is 8. The van der Waals surface area contributed by atoms with Crippen LogP contribution in [-0.4, -0.2) is 28.9 Å². The number of thiazole rings is 1. The molecule has 2 rings (SSSR count). The number of benzene rings is 1. The fourth-order valence-corrected chi connectivity index (χ4v) is 3.29. The fourth-order valence-electron chi connectivity index (χ4n) is 2.51. The number of carbonyl (C=O) groups is 1. The minimum atomic E-state index is 0. The highest BCUT2D eigenvalue weighted by molar-refractivity contribution is 7.09. The number of unbranched alkanes of at least 4 members (excludes halogenated alkanes) is 1. The molecule has 1 unspecified atom stereocenters. The molecular formula is C18H26ClN3OS. The van der Waals surface area contributed by atoms with Crippen LogP contribution >= 0.6 is 23.7 Å². The van der Waals surface area contributed by atoms with Crippen molar-refractivity contribution in [2.75, 3.05) is 13.1 Å². The van der Waals surface area contributed by atoms with Crippen molar-refractivity contribution in [1.29, 1.82) is 0 Å². The second-order valence-corrected chi connectivity index (χ2v) is 6.55. The highest BCUT2D eigenvalue weighted by Crippen LogP contribution is 2.23. The molecule has 1 aromatic heterocycles. The summed E-state index contributed by atoms with van der Waals surface area (Å²) in [5.41, 5.74) is 7.25. The van der Waals surface area contributed by atoms with E-state index in [1.807, 2.05) is 28.5 Å². The van der Waals surface area contributed by atoms with Crippen LogP contribution in [0.3, 0.4) is 0 Å². The summed E-state index contributed by atoms with van der Waals surface area (Å²) in [5, 5.41) is 2.78. The number of amides is 1. The third-order valence-electron chi connectivity index (χ3n) is 3.89. The molecule has 0 fully saturated rings. The van der Waals surface area contributed by atoms with Gasteiger partial charge in [-0.05, 0) is 25.5 Å². The van der Waals surface area contributed by atoms with Crippen molar-refractivity contribution in [3.63, 3.8) is 0 Å². The van der Waals surface area contributed by atoms with Gasteiger partial charge in [-0.3, -0.25) is 4.79 Å². The van der Waals surface area contributed by atoms with E-state index in [9.17, 15) is 4.79 Å². The summed E-state index contributed by atoms with van der Waals surface area (Å²) in [6.45, 7) is 5.52. The van der Waals surface area contributed by atoms with Gasteiger partial charge in [-0.15, -0.1) is 23.7 Å². The molecule has 0 saturated carbocycles. The first kappa shape index (κ1) is 20.6.